The molecule has 0 unspecified atom stereocenters. The van der Waals surface area contributed by atoms with Crippen molar-refractivity contribution in [2.24, 2.45) is 0 Å². The summed E-state index contributed by atoms with van der Waals surface area (Å²) in [5, 5.41) is 20.7. The van der Waals surface area contributed by atoms with E-state index in [2.05, 4.69) is 0 Å². The first-order chi connectivity index (χ1) is 13.3. The molecule has 2 aromatic carbocycles. The minimum absolute atomic E-state index is 0. The van der Waals surface area contributed by atoms with Crippen LogP contribution in [-0.4, -0.2) is 34.3 Å². The summed E-state index contributed by atoms with van der Waals surface area (Å²) in [6, 6.07) is 10.4. The molecule has 3 aromatic rings. The number of benzene rings is 2. The Morgan fingerprint density at radius 3 is 1.97 bits per heavy atom. The molecule has 3 rings (SSSR count). The third kappa shape index (κ3) is 4.22. The first kappa shape index (κ1) is 24.2. The van der Waals surface area contributed by atoms with Crippen LogP contribution in [0.3, 0.4) is 0 Å². The number of nitrogens with zero attached hydrogens (tertiary/aromatic N) is 2. The maximum absolute atomic E-state index is 13.0. The Labute approximate surface area is 181 Å². The maximum Gasteiger partial charge on any atom is 0.430 e. The summed E-state index contributed by atoms with van der Waals surface area (Å²) in [5.41, 5.74) is -4.47. The third-order valence-electron chi connectivity index (χ3n) is 4.67. The zero-order valence-electron chi connectivity index (χ0n) is 15.4. The standard InChI is InChI=1S/C19H16F6N2O2.W/c1-26(29)15-6-7-16-13(10-15)8-9-27(16)11-12-2-4-14(5-3-12)17(28,18(20,21)22)19(23,24)25;/h2-10,28-29H,11H2,1H3;. The predicted molar refractivity (Wildman–Crippen MR) is 93.7 cm³/mol. The van der Waals surface area contributed by atoms with Crippen LogP contribution in [0.2, 0.25) is 0 Å². The molecule has 162 valence electrons. The van der Waals surface area contributed by atoms with Gasteiger partial charge in [0.05, 0.1) is 5.69 Å². The van der Waals surface area contributed by atoms with Crippen LogP contribution >= 0.6 is 0 Å². The molecule has 1 heterocycles. The van der Waals surface area contributed by atoms with Crippen molar-refractivity contribution in [3.05, 3.63) is 65.9 Å². The molecule has 0 saturated heterocycles. The first-order valence-electron chi connectivity index (χ1n) is 8.31. The molecule has 0 bridgehead atoms. The zero-order chi connectivity index (χ0) is 21.6. The van der Waals surface area contributed by atoms with Crippen LogP contribution in [0, 0.1) is 0 Å². The van der Waals surface area contributed by atoms with Gasteiger partial charge in [0, 0.05) is 57.3 Å². The minimum Gasteiger partial charge on any atom is -0.369 e. The van der Waals surface area contributed by atoms with Gasteiger partial charge in [0.1, 0.15) is 0 Å². The van der Waals surface area contributed by atoms with Gasteiger partial charge >= 0.3 is 12.4 Å². The number of hydroxylamine groups is 1. The van der Waals surface area contributed by atoms with Crippen LogP contribution in [0.25, 0.3) is 10.9 Å². The number of anilines is 1. The van der Waals surface area contributed by atoms with Crippen molar-refractivity contribution >= 4 is 16.6 Å². The second kappa shape index (κ2) is 8.24. The van der Waals surface area contributed by atoms with Gasteiger partial charge in [-0.1, -0.05) is 24.3 Å². The van der Waals surface area contributed by atoms with E-state index in [0.29, 0.717) is 23.4 Å². The quantitative estimate of drug-likeness (QED) is 0.333. The molecular formula is C19H16F6N2O2W. The van der Waals surface area contributed by atoms with Gasteiger partial charge in [0.2, 0.25) is 0 Å². The Kier molecular flexibility index (Phi) is 6.66. The summed E-state index contributed by atoms with van der Waals surface area (Å²) in [4.78, 5) is 0. The summed E-state index contributed by atoms with van der Waals surface area (Å²) in [6.45, 7) is 0.189. The fraction of sp³-hybridized carbons (Fsp3) is 0.263. The van der Waals surface area contributed by atoms with Crippen molar-refractivity contribution < 1.29 is 57.7 Å². The molecule has 0 amide bonds. The van der Waals surface area contributed by atoms with Crippen molar-refractivity contribution in [1.82, 2.24) is 4.57 Å². The Morgan fingerprint density at radius 1 is 0.900 bits per heavy atom. The largest absolute Gasteiger partial charge is 0.430 e. The van der Waals surface area contributed by atoms with Crippen LogP contribution in [0.4, 0.5) is 32.0 Å². The van der Waals surface area contributed by atoms with E-state index in [1.165, 1.54) is 7.05 Å². The second-order valence-corrected chi connectivity index (χ2v) is 6.61. The summed E-state index contributed by atoms with van der Waals surface area (Å²) in [7, 11) is 1.46. The number of fused-ring (bicyclic) bond motifs is 1. The molecule has 0 saturated carbocycles. The van der Waals surface area contributed by atoms with Crippen molar-refractivity contribution in [3.8, 4) is 0 Å². The van der Waals surface area contributed by atoms with Gasteiger partial charge in [0.15, 0.2) is 0 Å². The van der Waals surface area contributed by atoms with E-state index >= 15 is 0 Å². The average molecular weight is 602 g/mol. The Morgan fingerprint density at radius 2 is 1.47 bits per heavy atom. The fourth-order valence-corrected chi connectivity index (χ4v) is 3.06. The van der Waals surface area contributed by atoms with Crippen molar-refractivity contribution in [2.75, 3.05) is 12.1 Å². The predicted octanol–water partition coefficient (Wildman–Crippen LogP) is 4.82. The summed E-state index contributed by atoms with van der Waals surface area (Å²) in [5.74, 6) is 0. The molecule has 0 aliphatic rings. The zero-order valence-corrected chi connectivity index (χ0v) is 18.3. The second-order valence-electron chi connectivity index (χ2n) is 6.61. The van der Waals surface area contributed by atoms with E-state index in [1.54, 1.807) is 35.0 Å². The topological polar surface area (TPSA) is 48.6 Å². The van der Waals surface area contributed by atoms with E-state index in [9.17, 15) is 36.7 Å². The van der Waals surface area contributed by atoms with Crippen LogP contribution in [-0.2, 0) is 33.2 Å². The molecule has 0 aliphatic heterocycles. The van der Waals surface area contributed by atoms with Crippen LogP contribution < -0.4 is 5.06 Å². The number of hydrogen-bond donors (Lipinski definition) is 2. The molecule has 4 nitrogen and oxygen atoms in total. The maximum atomic E-state index is 13.0. The number of rotatable bonds is 4. The van der Waals surface area contributed by atoms with Crippen LogP contribution in [0.1, 0.15) is 11.1 Å². The van der Waals surface area contributed by atoms with Gasteiger partial charge < -0.3 is 9.67 Å². The molecule has 2 N–H and O–H groups in total. The van der Waals surface area contributed by atoms with E-state index in [1.807, 2.05) is 0 Å². The SMILES string of the molecule is CN(O)c1ccc2c(ccn2Cc2ccc(C(O)(C(F)(F)F)C(F)(F)F)cc2)c1.[W]. The average Bonchev–Trinajstić information content (AvgIpc) is 3.02. The first-order valence-corrected chi connectivity index (χ1v) is 8.31. The smallest absolute Gasteiger partial charge is 0.369 e. The Balaban J connectivity index is 0.00000320. The van der Waals surface area contributed by atoms with Gasteiger partial charge in [-0.25, -0.2) is 0 Å². The molecule has 0 radical (unpaired) electrons. The normalized spacial score (nSPS) is 12.7. The van der Waals surface area contributed by atoms with Gasteiger partial charge in [-0.3, -0.25) is 10.3 Å². The third-order valence-corrected chi connectivity index (χ3v) is 4.67. The molecular weight excluding hydrogens is 586 g/mol. The fourth-order valence-electron chi connectivity index (χ4n) is 3.06. The summed E-state index contributed by atoms with van der Waals surface area (Å²) >= 11 is 0. The molecule has 30 heavy (non-hydrogen) atoms. The Hall–Kier alpha value is -2.03. The van der Waals surface area contributed by atoms with Crippen molar-refractivity contribution in [1.29, 1.82) is 0 Å². The summed E-state index contributed by atoms with van der Waals surface area (Å²) < 4.78 is 79.5. The van der Waals surface area contributed by atoms with E-state index < -0.39 is 23.5 Å². The van der Waals surface area contributed by atoms with Gasteiger partial charge in [0.25, 0.3) is 5.60 Å². The number of halogens is 6. The monoisotopic (exact) mass is 602 g/mol. The van der Waals surface area contributed by atoms with Crippen LogP contribution in [0.5, 0.6) is 0 Å². The molecule has 1 aromatic heterocycles. The molecule has 0 atom stereocenters. The van der Waals surface area contributed by atoms with E-state index in [-0.39, 0.29) is 27.6 Å². The Bertz CT molecular complexity index is 999. The van der Waals surface area contributed by atoms with Gasteiger partial charge in [-0.2, -0.15) is 26.3 Å². The van der Waals surface area contributed by atoms with Crippen LogP contribution in [0.15, 0.2) is 54.7 Å². The number of alkyl halides is 6. The van der Waals surface area contributed by atoms with E-state index in [4.69, 9.17) is 0 Å². The molecule has 0 aliphatic carbocycles. The molecule has 11 heteroatoms. The molecule has 0 fully saturated rings. The van der Waals surface area contributed by atoms with Gasteiger partial charge in [-0.05, 0) is 29.8 Å². The number of aromatic nitrogens is 1. The van der Waals surface area contributed by atoms with E-state index in [0.717, 1.165) is 28.1 Å². The number of hydrogen-bond acceptors (Lipinski definition) is 3. The van der Waals surface area contributed by atoms with Crippen molar-refractivity contribution in [2.45, 2.75) is 24.5 Å². The minimum atomic E-state index is -5.92. The molecule has 0 spiro atoms. The van der Waals surface area contributed by atoms with Gasteiger partial charge in [-0.15, -0.1) is 0 Å². The summed E-state index contributed by atoms with van der Waals surface area (Å²) in [6.07, 6.45) is -10.1. The van der Waals surface area contributed by atoms with Crippen molar-refractivity contribution in [3.63, 3.8) is 0 Å². The number of aliphatic hydroxyl groups is 1.